The number of aryl methyl sites for hydroxylation is 1. The van der Waals surface area contributed by atoms with Gasteiger partial charge in [0, 0.05) is 17.8 Å². The highest BCUT2D eigenvalue weighted by atomic mass is 15.1. The number of anilines is 3. The van der Waals surface area contributed by atoms with E-state index in [0.29, 0.717) is 0 Å². The average molecular weight is 256 g/mol. The number of rotatable bonds is 5. The van der Waals surface area contributed by atoms with E-state index in [9.17, 15) is 0 Å². The van der Waals surface area contributed by atoms with Crippen molar-refractivity contribution in [2.75, 3.05) is 17.2 Å². The standard InChI is InChI=1S/C15H20N4/c1-4-10-16-14-11(2)15(18-12(3)17-14)19-13-8-6-5-7-9-13/h5-9H,4,10H2,1-3H3,(H2,16,17,18,19). The first-order valence-electron chi connectivity index (χ1n) is 6.62. The van der Waals surface area contributed by atoms with Crippen molar-refractivity contribution in [2.45, 2.75) is 27.2 Å². The van der Waals surface area contributed by atoms with E-state index in [4.69, 9.17) is 0 Å². The lowest BCUT2D eigenvalue weighted by molar-refractivity contribution is 0.948. The summed E-state index contributed by atoms with van der Waals surface area (Å²) in [5.74, 6) is 2.53. The molecule has 0 aliphatic rings. The van der Waals surface area contributed by atoms with E-state index in [1.54, 1.807) is 0 Å². The van der Waals surface area contributed by atoms with Gasteiger partial charge in [0.25, 0.3) is 0 Å². The third kappa shape index (κ3) is 3.44. The maximum atomic E-state index is 4.47. The zero-order chi connectivity index (χ0) is 13.7. The molecule has 0 spiro atoms. The smallest absolute Gasteiger partial charge is 0.139 e. The Hall–Kier alpha value is -2.10. The molecule has 0 radical (unpaired) electrons. The molecular weight excluding hydrogens is 236 g/mol. The molecule has 1 aromatic heterocycles. The summed E-state index contributed by atoms with van der Waals surface area (Å²) in [6.07, 6.45) is 1.07. The molecule has 19 heavy (non-hydrogen) atoms. The molecule has 2 rings (SSSR count). The topological polar surface area (TPSA) is 49.8 Å². The molecule has 0 amide bonds. The van der Waals surface area contributed by atoms with Gasteiger partial charge in [0.1, 0.15) is 17.5 Å². The fourth-order valence-corrected chi connectivity index (χ4v) is 1.82. The number of nitrogens with one attached hydrogen (secondary N) is 2. The number of hydrogen-bond acceptors (Lipinski definition) is 4. The van der Waals surface area contributed by atoms with Gasteiger partial charge in [-0.25, -0.2) is 9.97 Å². The quantitative estimate of drug-likeness (QED) is 0.857. The van der Waals surface area contributed by atoms with Crippen molar-refractivity contribution in [3.63, 3.8) is 0 Å². The van der Waals surface area contributed by atoms with Crippen LogP contribution in [-0.4, -0.2) is 16.5 Å². The largest absolute Gasteiger partial charge is 0.370 e. The van der Waals surface area contributed by atoms with Gasteiger partial charge in [0.05, 0.1) is 0 Å². The molecule has 4 nitrogen and oxygen atoms in total. The molecule has 2 N–H and O–H groups in total. The SMILES string of the molecule is CCCNc1nc(C)nc(Nc2ccccc2)c1C. The third-order valence-corrected chi connectivity index (χ3v) is 2.84. The average Bonchev–Trinajstić information content (AvgIpc) is 2.42. The fraction of sp³-hybridized carbons (Fsp3) is 0.333. The van der Waals surface area contributed by atoms with Crippen LogP contribution in [0.1, 0.15) is 24.7 Å². The van der Waals surface area contributed by atoms with E-state index in [-0.39, 0.29) is 0 Å². The zero-order valence-corrected chi connectivity index (χ0v) is 11.7. The van der Waals surface area contributed by atoms with Crippen LogP contribution in [-0.2, 0) is 0 Å². The maximum absolute atomic E-state index is 4.47. The highest BCUT2D eigenvalue weighted by Gasteiger charge is 2.08. The van der Waals surface area contributed by atoms with Gasteiger partial charge in [-0.2, -0.15) is 0 Å². The van der Waals surface area contributed by atoms with Crippen LogP contribution in [0.5, 0.6) is 0 Å². The van der Waals surface area contributed by atoms with Gasteiger partial charge < -0.3 is 10.6 Å². The van der Waals surface area contributed by atoms with Gasteiger partial charge in [-0.05, 0) is 32.4 Å². The molecule has 0 aliphatic carbocycles. The van der Waals surface area contributed by atoms with Crippen LogP contribution in [0.15, 0.2) is 30.3 Å². The van der Waals surface area contributed by atoms with Gasteiger partial charge in [0.2, 0.25) is 0 Å². The van der Waals surface area contributed by atoms with Crippen molar-refractivity contribution >= 4 is 17.3 Å². The third-order valence-electron chi connectivity index (χ3n) is 2.84. The van der Waals surface area contributed by atoms with E-state index < -0.39 is 0 Å². The minimum absolute atomic E-state index is 0.766. The molecule has 0 bridgehead atoms. The van der Waals surface area contributed by atoms with Crippen LogP contribution >= 0.6 is 0 Å². The summed E-state index contributed by atoms with van der Waals surface area (Å²) >= 11 is 0. The Morgan fingerprint density at radius 3 is 2.37 bits per heavy atom. The van der Waals surface area contributed by atoms with E-state index in [2.05, 4.69) is 27.5 Å². The van der Waals surface area contributed by atoms with Crippen molar-refractivity contribution in [3.8, 4) is 0 Å². The van der Waals surface area contributed by atoms with Crippen LogP contribution in [0.3, 0.4) is 0 Å². The monoisotopic (exact) mass is 256 g/mol. The minimum Gasteiger partial charge on any atom is -0.370 e. The molecule has 2 aromatic rings. The van der Waals surface area contributed by atoms with Crippen molar-refractivity contribution in [1.29, 1.82) is 0 Å². The van der Waals surface area contributed by atoms with Gasteiger partial charge in [-0.15, -0.1) is 0 Å². The maximum Gasteiger partial charge on any atom is 0.139 e. The second kappa shape index (κ2) is 6.18. The van der Waals surface area contributed by atoms with Gasteiger partial charge in [-0.1, -0.05) is 25.1 Å². The first kappa shape index (κ1) is 13.3. The van der Waals surface area contributed by atoms with Crippen LogP contribution in [0.25, 0.3) is 0 Å². The number of para-hydroxylation sites is 1. The summed E-state index contributed by atoms with van der Waals surface area (Å²) in [5, 5.41) is 6.68. The summed E-state index contributed by atoms with van der Waals surface area (Å²) < 4.78 is 0. The second-order valence-corrected chi connectivity index (χ2v) is 4.51. The Balaban J connectivity index is 2.27. The number of aromatic nitrogens is 2. The molecule has 0 atom stereocenters. The lowest BCUT2D eigenvalue weighted by atomic mass is 10.2. The summed E-state index contributed by atoms with van der Waals surface area (Å²) in [7, 11) is 0. The minimum atomic E-state index is 0.766. The summed E-state index contributed by atoms with van der Waals surface area (Å²) in [4.78, 5) is 8.92. The fourth-order valence-electron chi connectivity index (χ4n) is 1.82. The Morgan fingerprint density at radius 2 is 1.68 bits per heavy atom. The van der Waals surface area contributed by atoms with Crippen LogP contribution in [0.2, 0.25) is 0 Å². The summed E-state index contributed by atoms with van der Waals surface area (Å²) in [5.41, 5.74) is 2.08. The van der Waals surface area contributed by atoms with Gasteiger partial charge in [0.15, 0.2) is 0 Å². The predicted molar refractivity (Wildman–Crippen MR) is 80.0 cm³/mol. The molecule has 1 heterocycles. The van der Waals surface area contributed by atoms with Crippen molar-refractivity contribution in [3.05, 3.63) is 41.7 Å². The van der Waals surface area contributed by atoms with E-state index in [1.165, 1.54) is 0 Å². The summed E-state index contributed by atoms with van der Waals surface area (Å²) in [6.45, 7) is 7.00. The lowest BCUT2D eigenvalue weighted by Crippen LogP contribution is -2.08. The highest BCUT2D eigenvalue weighted by Crippen LogP contribution is 2.23. The van der Waals surface area contributed by atoms with Crippen molar-refractivity contribution in [1.82, 2.24) is 9.97 Å². The highest BCUT2D eigenvalue weighted by molar-refractivity contribution is 5.64. The van der Waals surface area contributed by atoms with Crippen LogP contribution < -0.4 is 10.6 Å². The Kier molecular flexibility index (Phi) is 4.34. The van der Waals surface area contributed by atoms with Gasteiger partial charge >= 0.3 is 0 Å². The molecule has 0 aliphatic heterocycles. The van der Waals surface area contributed by atoms with Crippen molar-refractivity contribution < 1.29 is 0 Å². The van der Waals surface area contributed by atoms with Crippen LogP contribution in [0.4, 0.5) is 17.3 Å². The second-order valence-electron chi connectivity index (χ2n) is 4.51. The van der Waals surface area contributed by atoms with Crippen molar-refractivity contribution in [2.24, 2.45) is 0 Å². The van der Waals surface area contributed by atoms with E-state index in [0.717, 1.165) is 41.7 Å². The Morgan fingerprint density at radius 1 is 1.00 bits per heavy atom. The predicted octanol–water partition coefficient (Wildman–Crippen LogP) is 3.66. The number of benzene rings is 1. The lowest BCUT2D eigenvalue weighted by Gasteiger charge is -2.13. The normalized spacial score (nSPS) is 10.3. The summed E-state index contributed by atoms with van der Waals surface area (Å²) in [6, 6.07) is 10.0. The molecule has 1 aromatic carbocycles. The number of nitrogens with zero attached hydrogens (tertiary/aromatic N) is 2. The molecule has 100 valence electrons. The van der Waals surface area contributed by atoms with E-state index >= 15 is 0 Å². The molecule has 4 heteroatoms. The Labute approximate surface area is 114 Å². The first-order chi connectivity index (χ1) is 9.20. The number of hydrogen-bond donors (Lipinski definition) is 2. The zero-order valence-electron chi connectivity index (χ0n) is 11.7. The van der Waals surface area contributed by atoms with Gasteiger partial charge in [-0.3, -0.25) is 0 Å². The first-order valence-corrected chi connectivity index (χ1v) is 6.62. The molecule has 0 saturated heterocycles. The van der Waals surface area contributed by atoms with Crippen LogP contribution in [0, 0.1) is 13.8 Å². The van der Waals surface area contributed by atoms with E-state index in [1.807, 2.05) is 44.2 Å². The molecule has 0 fully saturated rings. The molecular formula is C15H20N4. The molecule has 0 unspecified atom stereocenters. The molecule has 0 saturated carbocycles. The Bertz CT molecular complexity index is 537.